The van der Waals surface area contributed by atoms with Gasteiger partial charge in [-0.05, 0) is 32.6 Å². The maximum Gasteiger partial charge on any atom is 0.417 e. The minimum absolute atomic E-state index is 0.0540. The van der Waals surface area contributed by atoms with Crippen LogP contribution < -0.4 is 0 Å². The Balaban J connectivity index is 2.58. The second kappa shape index (κ2) is 8.40. The molecule has 0 unspecified atom stereocenters. The van der Waals surface area contributed by atoms with E-state index in [9.17, 15) is 9.59 Å². The fourth-order valence-electron chi connectivity index (χ4n) is 2.97. The van der Waals surface area contributed by atoms with Crippen LogP contribution in [0, 0.1) is 11.8 Å². The van der Waals surface area contributed by atoms with Crippen molar-refractivity contribution in [2.45, 2.75) is 85.3 Å². The van der Waals surface area contributed by atoms with Gasteiger partial charge in [-0.25, -0.2) is 9.69 Å². The van der Waals surface area contributed by atoms with Gasteiger partial charge in [-0.3, -0.25) is 4.79 Å². The van der Waals surface area contributed by atoms with Crippen LogP contribution in [0.4, 0.5) is 4.79 Å². The summed E-state index contributed by atoms with van der Waals surface area (Å²) in [4.78, 5) is 25.8. The third kappa shape index (κ3) is 4.72. The summed E-state index contributed by atoms with van der Waals surface area (Å²) < 4.78 is 5.15. The molecule has 0 aromatic rings. The number of hydrogen-bond acceptors (Lipinski definition) is 3. The van der Waals surface area contributed by atoms with Gasteiger partial charge in [-0.15, -0.1) is 0 Å². The first-order chi connectivity index (χ1) is 9.92. The molecule has 0 aromatic heterocycles. The minimum atomic E-state index is -0.475. The van der Waals surface area contributed by atoms with Crippen LogP contribution in [0.25, 0.3) is 0 Å². The first-order valence-electron chi connectivity index (χ1n) is 8.45. The van der Waals surface area contributed by atoms with Gasteiger partial charge in [0.15, 0.2) is 0 Å². The molecule has 1 saturated heterocycles. The zero-order valence-corrected chi connectivity index (χ0v) is 14.2. The highest BCUT2D eigenvalue weighted by atomic mass is 16.6. The summed E-state index contributed by atoms with van der Waals surface area (Å²) in [5.41, 5.74) is 0. The Morgan fingerprint density at radius 3 is 2.43 bits per heavy atom. The van der Waals surface area contributed by atoms with E-state index < -0.39 is 6.09 Å². The standard InChI is InChI=1S/C17H31NO3/c1-6-8-9-10-12(3)11-15(7-2)16(19)18-13(4)14(5)21-17(18)20/h12-15H,6-11H2,1-5H3/t12-,13-,14+,15-/m1/s1. The van der Waals surface area contributed by atoms with E-state index in [1.807, 2.05) is 20.8 Å². The summed E-state index contributed by atoms with van der Waals surface area (Å²) >= 11 is 0. The number of ether oxygens (including phenoxy) is 1. The Morgan fingerprint density at radius 2 is 1.95 bits per heavy atom. The van der Waals surface area contributed by atoms with E-state index in [0.29, 0.717) is 5.92 Å². The molecular formula is C17H31NO3. The van der Waals surface area contributed by atoms with Crippen LogP contribution in [0.3, 0.4) is 0 Å². The third-order valence-electron chi connectivity index (χ3n) is 4.64. The largest absolute Gasteiger partial charge is 0.444 e. The molecule has 2 amide bonds. The molecule has 1 aliphatic rings. The molecule has 0 spiro atoms. The second-order valence-electron chi connectivity index (χ2n) is 6.48. The van der Waals surface area contributed by atoms with Crippen molar-refractivity contribution in [3.8, 4) is 0 Å². The zero-order chi connectivity index (χ0) is 16.0. The maximum atomic E-state index is 12.6. The highest BCUT2D eigenvalue weighted by molar-refractivity contribution is 5.94. The number of carbonyl (C=O) groups excluding carboxylic acids is 2. The smallest absolute Gasteiger partial charge is 0.417 e. The molecule has 0 radical (unpaired) electrons. The van der Waals surface area contributed by atoms with Gasteiger partial charge in [0.25, 0.3) is 0 Å². The zero-order valence-electron chi connectivity index (χ0n) is 14.2. The molecule has 4 heteroatoms. The van der Waals surface area contributed by atoms with Crippen molar-refractivity contribution in [2.75, 3.05) is 0 Å². The molecule has 4 atom stereocenters. The van der Waals surface area contributed by atoms with E-state index in [4.69, 9.17) is 4.74 Å². The molecule has 122 valence electrons. The fourth-order valence-corrected chi connectivity index (χ4v) is 2.97. The number of hydrogen-bond donors (Lipinski definition) is 0. The number of rotatable bonds is 8. The van der Waals surface area contributed by atoms with E-state index in [1.165, 1.54) is 24.2 Å². The van der Waals surface area contributed by atoms with Crippen molar-refractivity contribution in [3.05, 3.63) is 0 Å². The van der Waals surface area contributed by atoms with Gasteiger partial charge in [-0.1, -0.05) is 46.5 Å². The highest BCUT2D eigenvalue weighted by Gasteiger charge is 2.42. The van der Waals surface area contributed by atoms with Crippen LogP contribution in [0.5, 0.6) is 0 Å². The van der Waals surface area contributed by atoms with Crippen LogP contribution in [-0.4, -0.2) is 29.0 Å². The van der Waals surface area contributed by atoms with E-state index in [0.717, 1.165) is 19.3 Å². The van der Waals surface area contributed by atoms with E-state index in [-0.39, 0.29) is 24.0 Å². The predicted octanol–water partition coefficient (Wildman–Crippen LogP) is 4.37. The number of carbonyl (C=O) groups is 2. The van der Waals surface area contributed by atoms with Crippen molar-refractivity contribution < 1.29 is 14.3 Å². The molecule has 0 aliphatic carbocycles. The second-order valence-corrected chi connectivity index (χ2v) is 6.48. The predicted molar refractivity (Wildman–Crippen MR) is 84.0 cm³/mol. The van der Waals surface area contributed by atoms with Gasteiger partial charge >= 0.3 is 6.09 Å². The van der Waals surface area contributed by atoms with Gasteiger partial charge in [0.1, 0.15) is 6.10 Å². The van der Waals surface area contributed by atoms with Crippen molar-refractivity contribution in [1.82, 2.24) is 4.90 Å². The molecular weight excluding hydrogens is 266 g/mol. The van der Waals surface area contributed by atoms with Crippen molar-refractivity contribution in [2.24, 2.45) is 11.8 Å². The minimum Gasteiger partial charge on any atom is -0.444 e. The number of nitrogens with zero attached hydrogens (tertiary/aromatic N) is 1. The topological polar surface area (TPSA) is 46.6 Å². The lowest BCUT2D eigenvalue weighted by molar-refractivity contribution is -0.134. The summed E-state index contributed by atoms with van der Waals surface area (Å²) in [6.07, 6.45) is 5.82. The van der Waals surface area contributed by atoms with Crippen molar-refractivity contribution in [3.63, 3.8) is 0 Å². The van der Waals surface area contributed by atoms with Crippen LogP contribution in [0.1, 0.15) is 73.1 Å². The molecule has 21 heavy (non-hydrogen) atoms. The fraction of sp³-hybridized carbons (Fsp3) is 0.882. The third-order valence-corrected chi connectivity index (χ3v) is 4.64. The van der Waals surface area contributed by atoms with Crippen LogP contribution in [0.15, 0.2) is 0 Å². The molecule has 4 nitrogen and oxygen atoms in total. The monoisotopic (exact) mass is 297 g/mol. The van der Waals surface area contributed by atoms with Crippen LogP contribution >= 0.6 is 0 Å². The molecule has 0 saturated carbocycles. The Labute approximate surface area is 129 Å². The Kier molecular flexibility index (Phi) is 7.20. The van der Waals surface area contributed by atoms with Gasteiger partial charge in [0.2, 0.25) is 5.91 Å². The maximum absolute atomic E-state index is 12.6. The average molecular weight is 297 g/mol. The highest BCUT2D eigenvalue weighted by Crippen LogP contribution is 2.27. The lowest BCUT2D eigenvalue weighted by atomic mass is 9.89. The Hall–Kier alpha value is -1.06. The van der Waals surface area contributed by atoms with E-state index in [2.05, 4.69) is 13.8 Å². The number of imide groups is 1. The van der Waals surface area contributed by atoms with Gasteiger partial charge in [-0.2, -0.15) is 0 Å². The van der Waals surface area contributed by atoms with Gasteiger partial charge in [0.05, 0.1) is 6.04 Å². The summed E-state index contributed by atoms with van der Waals surface area (Å²) in [5.74, 6) is 0.403. The Morgan fingerprint density at radius 1 is 1.29 bits per heavy atom. The lowest BCUT2D eigenvalue weighted by Gasteiger charge is -2.25. The SMILES string of the molecule is CCCCC[C@@H](C)C[C@@H](CC)C(=O)N1C(=O)O[C@@H](C)[C@H]1C. The van der Waals surface area contributed by atoms with Crippen LogP contribution in [-0.2, 0) is 9.53 Å². The molecule has 1 fully saturated rings. The summed E-state index contributed by atoms with van der Waals surface area (Å²) in [6, 6.07) is -0.158. The number of unbranched alkanes of at least 4 members (excludes halogenated alkanes) is 2. The summed E-state index contributed by atoms with van der Waals surface area (Å²) in [6.45, 7) is 10.1. The molecule has 0 bridgehead atoms. The van der Waals surface area contributed by atoms with E-state index >= 15 is 0 Å². The number of cyclic esters (lactones) is 1. The molecule has 0 aromatic carbocycles. The van der Waals surface area contributed by atoms with Crippen molar-refractivity contribution in [1.29, 1.82) is 0 Å². The molecule has 1 aliphatic heterocycles. The summed E-state index contributed by atoms with van der Waals surface area (Å²) in [5, 5.41) is 0. The number of amides is 2. The lowest BCUT2D eigenvalue weighted by Crippen LogP contribution is -2.42. The normalized spacial score (nSPS) is 24.8. The molecule has 1 rings (SSSR count). The average Bonchev–Trinajstić information content (AvgIpc) is 2.69. The quantitative estimate of drug-likeness (QED) is 0.625. The molecule has 0 N–H and O–H groups in total. The Bertz CT molecular complexity index is 356. The van der Waals surface area contributed by atoms with Crippen molar-refractivity contribution >= 4 is 12.0 Å². The van der Waals surface area contributed by atoms with E-state index in [1.54, 1.807) is 0 Å². The van der Waals surface area contributed by atoms with Gasteiger partial charge < -0.3 is 4.74 Å². The first-order valence-corrected chi connectivity index (χ1v) is 8.45. The molecule has 1 heterocycles. The van der Waals surface area contributed by atoms with Crippen LogP contribution in [0.2, 0.25) is 0 Å². The summed E-state index contributed by atoms with van der Waals surface area (Å²) in [7, 11) is 0. The van der Waals surface area contributed by atoms with Gasteiger partial charge in [0, 0.05) is 5.92 Å². The first kappa shape index (κ1) is 18.0.